The number of nitrogens with zero attached hydrogens (tertiary/aromatic N) is 2. The highest BCUT2D eigenvalue weighted by Crippen LogP contribution is 2.41. The summed E-state index contributed by atoms with van der Waals surface area (Å²) in [7, 11) is -3.56. The van der Waals surface area contributed by atoms with Gasteiger partial charge in [0.15, 0.2) is 0 Å². The fraction of sp³-hybridized carbons (Fsp3) is 0.571. The van der Waals surface area contributed by atoms with Crippen LogP contribution in [0, 0.1) is 13.8 Å². The normalized spacial score (nSPS) is 24.6. The van der Waals surface area contributed by atoms with Crippen LogP contribution in [-0.2, 0) is 10.0 Å². The van der Waals surface area contributed by atoms with Crippen LogP contribution in [0.4, 0.5) is 0 Å². The highest BCUT2D eigenvalue weighted by atomic mass is 32.2. The van der Waals surface area contributed by atoms with Crippen LogP contribution in [0.2, 0.25) is 0 Å². The molecule has 29 heavy (non-hydrogen) atoms. The van der Waals surface area contributed by atoms with Crippen molar-refractivity contribution in [3.8, 4) is 11.5 Å². The second kappa shape index (κ2) is 7.99. The third-order valence-electron chi connectivity index (χ3n) is 5.82. The molecule has 0 radical (unpaired) electrons. The highest BCUT2D eigenvalue weighted by molar-refractivity contribution is 7.89. The van der Waals surface area contributed by atoms with Gasteiger partial charge in [0.05, 0.1) is 18.0 Å². The molecule has 0 unspecified atom stereocenters. The molecule has 0 amide bonds. The molecule has 0 saturated carbocycles. The maximum Gasteiger partial charge on any atom is 0.247 e. The van der Waals surface area contributed by atoms with E-state index in [0.717, 1.165) is 30.8 Å². The Morgan fingerprint density at radius 2 is 1.72 bits per heavy atom. The maximum absolute atomic E-state index is 13.4. The maximum atomic E-state index is 13.4. The number of rotatable bonds is 7. The summed E-state index contributed by atoms with van der Waals surface area (Å²) in [5.41, 5.74) is 1.14. The van der Waals surface area contributed by atoms with Gasteiger partial charge in [-0.3, -0.25) is 5.10 Å². The van der Waals surface area contributed by atoms with E-state index in [1.165, 1.54) is 0 Å². The molecule has 1 N–H and O–H groups in total. The summed E-state index contributed by atoms with van der Waals surface area (Å²) >= 11 is 0. The van der Waals surface area contributed by atoms with Gasteiger partial charge in [0.1, 0.15) is 22.5 Å². The van der Waals surface area contributed by atoms with Crippen LogP contribution < -0.4 is 9.47 Å². The van der Waals surface area contributed by atoms with Gasteiger partial charge < -0.3 is 9.47 Å². The molecule has 1 aromatic carbocycles. The Morgan fingerprint density at radius 3 is 2.28 bits per heavy atom. The van der Waals surface area contributed by atoms with E-state index >= 15 is 0 Å². The number of benzene rings is 1. The molecule has 8 heteroatoms. The van der Waals surface area contributed by atoms with E-state index in [4.69, 9.17) is 9.47 Å². The van der Waals surface area contributed by atoms with Gasteiger partial charge in [0.25, 0.3) is 0 Å². The van der Waals surface area contributed by atoms with Crippen LogP contribution in [-0.4, -0.2) is 47.7 Å². The lowest BCUT2D eigenvalue weighted by atomic mass is 10.0. The number of hydrogen-bond acceptors (Lipinski definition) is 5. The van der Waals surface area contributed by atoms with Crippen LogP contribution in [0.25, 0.3) is 0 Å². The minimum atomic E-state index is -3.56. The Hall–Kier alpha value is -2.06. The molecule has 0 aliphatic carbocycles. The average Bonchev–Trinajstić information content (AvgIpc) is 3.18. The van der Waals surface area contributed by atoms with Crippen molar-refractivity contribution >= 4 is 10.0 Å². The number of nitrogens with one attached hydrogen (secondary N) is 1. The first-order valence-corrected chi connectivity index (χ1v) is 11.8. The lowest BCUT2D eigenvalue weighted by Gasteiger charge is -2.37. The van der Waals surface area contributed by atoms with E-state index < -0.39 is 10.0 Å². The van der Waals surface area contributed by atoms with Crippen molar-refractivity contribution < 1.29 is 17.9 Å². The van der Waals surface area contributed by atoms with Crippen LogP contribution >= 0.6 is 0 Å². The average molecular weight is 420 g/mol. The number of piperidine rings is 1. The molecule has 4 rings (SSSR count). The Morgan fingerprint density at radius 1 is 1.10 bits per heavy atom. The second-order valence-corrected chi connectivity index (χ2v) is 9.79. The van der Waals surface area contributed by atoms with Crippen molar-refractivity contribution in [1.29, 1.82) is 0 Å². The van der Waals surface area contributed by atoms with Gasteiger partial charge in [-0.2, -0.15) is 9.40 Å². The quantitative estimate of drug-likeness (QED) is 0.742. The third kappa shape index (κ3) is 3.88. The molecule has 1 aromatic heterocycles. The Labute approximate surface area is 172 Å². The number of aromatic amines is 1. The summed E-state index contributed by atoms with van der Waals surface area (Å²) in [6.07, 6.45) is 4.17. The predicted octanol–water partition coefficient (Wildman–Crippen LogP) is 3.58. The van der Waals surface area contributed by atoms with E-state index in [1.54, 1.807) is 18.2 Å². The SMILES string of the molecule is CCCOc1ccc(O[C@H]2C[C@H]3CC[C@@H](C2)N3S(=O)(=O)c2c(C)n[nH]c2C)cc1. The first kappa shape index (κ1) is 20.2. The molecule has 2 aliphatic heterocycles. The van der Waals surface area contributed by atoms with Gasteiger partial charge >= 0.3 is 0 Å². The lowest BCUT2D eigenvalue weighted by molar-refractivity contribution is 0.0955. The number of hydrogen-bond donors (Lipinski definition) is 1. The molecule has 2 saturated heterocycles. The molecular weight excluding hydrogens is 390 g/mol. The molecule has 158 valence electrons. The predicted molar refractivity (Wildman–Crippen MR) is 110 cm³/mol. The van der Waals surface area contributed by atoms with E-state index in [1.807, 2.05) is 24.3 Å². The molecule has 2 bridgehead atoms. The molecule has 7 nitrogen and oxygen atoms in total. The van der Waals surface area contributed by atoms with Gasteiger partial charge in [-0.25, -0.2) is 8.42 Å². The molecule has 2 fully saturated rings. The number of aryl methyl sites for hydroxylation is 2. The van der Waals surface area contributed by atoms with E-state index in [0.29, 0.717) is 35.7 Å². The third-order valence-corrected chi connectivity index (χ3v) is 8.09. The molecular formula is C21H29N3O4S. The van der Waals surface area contributed by atoms with E-state index in [2.05, 4.69) is 17.1 Å². The van der Waals surface area contributed by atoms with Crippen LogP contribution in [0.1, 0.15) is 50.4 Å². The van der Waals surface area contributed by atoms with E-state index in [-0.39, 0.29) is 18.2 Å². The van der Waals surface area contributed by atoms with Crippen LogP contribution in [0.3, 0.4) is 0 Å². The molecule has 0 spiro atoms. The number of sulfonamides is 1. The van der Waals surface area contributed by atoms with Crippen molar-refractivity contribution in [3.63, 3.8) is 0 Å². The Bertz CT molecular complexity index is 921. The summed E-state index contributed by atoms with van der Waals surface area (Å²) in [4.78, 5) is 0.330. The number of fused-ring (bicyclic) bond motifs is 2. The highest BCUT2D eigenvalue weighted by Gasteiger charge is 2.48. The summed E-state index contributed by atoms with van der Waals surface area (Å²) in [5, 5.41) is 6.88. The molecule has 2 aliphatic rings. The molecule has 3 atom stereocenters. The number of H-pyrrole nitrogens is 1. The number of aromatic nitrogens is 2. The fourth-order valence-electron chi connectivity index (χ4n) is 4.63. The van der Waals surface area contributed by atoms with Gasteiger partial charge in [0, 0.05) is 24.9 Å². The molecule has 2 aromatic rings. The van der Waals surface area contributed by atoms with Gasteiger partial charge in [-0.15, -0.1) is 0 Å². The summed E-state index contributed by atoms with van der Waals surface area (Å²) < 4.78 is 40.2. The minimum Gasteiger partial charge on any atom is -0.494 e. The first-order valence-electron chi connectivity index (χ1n) is 10.3. The first-order chi connectivity index (χ1) is 13.9. The Kier molecular flexibility index (Phi) is 5.57. The smallest absolute Gasteiger partial charge is 0.247 e. The topological polar surface area (TPSA) is 84.5 Å². The van der Waals surface area contributed by atoms with Crippen molar-refractivity contribution in [3.05, 3.63) is 35.7 Å². The standard InChI is InChI=1S/C21H29N3O4S/c1-4-11-27-18-7-9-19(10-8-18)28-20-12-16-5-6-17(13-20)24(16)29(25,26)21-14(2)22-23-15(21)3/h7-10,16-17,20H,4-6,11-13H2,1-3H3,(H,22,23)/t16-,17+,20+. The summed E-state index contributed by atoms with van der Waals surface area (Å²) in [5.74, 6) is 1.64. The van der Waals surface area contributed by atoms with Gasteiger partial charge in [-0.05, 0) is 57.4 Å². The largest absolute Gasteiger partial charge is 0.494 e. The zero-order valence-corrected chi connectivity index (χ0v) is 18.0. The van der Waals surface area contributed by atoms with Crippen molar-refractivity contribution in [2.45, 2.75) is 76.0 Å². The monoisotopic (exact) mass is 419 g/mol. The van der Waals surface area contributed by atoms with Gasteiger partial charge in [0.2, 0.25) is 10.0 Å². The molecule has 3 heterocycles. The number of ether oxygens (including phenoxy) is 2. The van der Waals surface area contributed by atoms with E-state index in [9.17, 15) is 8.42 Å². The van der Waals surface area contributed by atoms with Crippen molar-refractivity contribution in [2.75, 3.05) is 6.61 Å². The minimum absolute atomic E-state index is 0.0212. The van der Waals surface area contributed by atoms with Crippen LogP contribution in [0.5, 0.6) is 11.5 Å². The second-order valence-electron chi connectivity index (χ2n) is 8.01. The summed E-state index contributed by atoms with van der Waals surface area (Å²) in [6, 6.07) is 7.64. The Balaban J connectivity index is 1.45. The fourth-order valence-corrected chi connectivity index (χ4v) is 6.86. The summed E-state index contributed by atoms with van der Waals surface area (Å²) in [6.45, 7) is 6.28. The lowest BCUT2D eigenvalue weighted by Crippen LogP contribution is -2.49. The van der Waals surface area contributed by atoms with Crippen molar-refractivity contribution in [1.82, 2.24) is 14.5 Å². The van der Waals surface area contributed by atoms with Gasteiger partial charge in [-0.1, -0.05) is 6.92 Å². The van der Waals surface area contributed by atoms with Crippen LogP contribution in [0.15, 0.2) is 29.2 Å². The zero-order valence-electron chi connectivity index (χ0n) is 17.2. The zero-order chi connectivity index (χ0) is 20.6. The van der Waals surface area contributed by atoms with Crippen molar-refractivity contribution in [2.24, 2.45) is 0 Å².